The fourth-order valence-corrected chi connectivity index (χ4v) is 2.26. The summed E-state index contributed by atoms with van der Waals surface area (Å²) in [4.78, 5) is 9.05. The van der Waals surface area contributed by atoms with Gasteiger partial charge in [-0.1, -0.05) is 32.0 Å². The Kier molecular flexibility index (Phi) is 11.8. The van der Waals surface area contributed by atoms with E-state index in [1.807, 2.05) is 37.3 Å². The second-order valence-electron chi connectivity index (χ2n) is 6.43. The van der Waals surface area contributed by atoms with Gasteiger partial charge in [0, 0.05) is 25.3 Å². The summed E-state index contributed by atoms with van der Waals surface area (Å²) < 4.78 is 11.2. The molecule has 6 nitrogen and oxygen atoms in total. The highest BCUT2D eigenvalue weighted by molar-refractivity contribution is 14.0. The van der Waals surface area contributed by atoms with E-state index in [9.17, 15) is 0 Å². The van der Waals surface area contributed by atoms with Crippen molar-refractivity contribution in [2.45, 2.75) is 33.7 Å². The highest BCUT2D eigenvalue weighted by Crippen LogP contribution is 2.18. The second-order valence-corrected chi connectivity index (χ2v) is 6.43. The molecule has 0 aliphatic carbocycles. The number of aromatic nitrogens is 1. The van der Waals surface area contributed by atoms with E-state index >= 15 is 0 Å². The van der Waals surface area contributed by atoms with Gasteiger partial charge < -0.3 is 19.8 Å². The van der Waals surface area contributed by atoms with Crippen molar-refractivity contribution in [2.75, 3.05) is 26.3 Å². The highest BCUT2D eigenvalue weighted by atomic mass is 127. The van der Waals surface area contributed by atoms with Gasteiger partial charge in [-0.3, -0.25) is 0 Å². The standard InChI is InChI=1S/C20H30N4O2.HI/c1-4-21-20(22-11-13-25-12-10-16(2)3)23-14-18-15-26-19(24-18)17-8-6-5-7-9-17;/h5-9,15-16H,4,10-14H2,1-3H3,(H2,21,22,23);1H. The maximum atomic E-state index is 5.62. The van der Waals surface area contributed by atoms with Gasteiger partial charge in [0.15, 0.2) is 5.96 Å². The van der Waals surface area contributed by atoms with E-state index in [0.717, 1.165) is 43.3 Å². The number of nitrogens with zero attached hydrogens (tertiary/aromatic N) is 2. The van der Waals surface area contributed by atoms with Crippen molar-refractivity contribution in [1.82, 2.24) is 15.6 Å². The molecule has 0 bridgehead atoms. The van der Waals surface area contributed by atoms with Crippen LogP contribution in [-0.4, -0.2) is 37.2 Å². The lowest BCUT2D eigenvalue weighted by atomic mass is 10.1. The molecule has 1 heterocycles. The van der Waals surface area contributed by atoms with Crippen molar-refractivity contribution in [2.24, 2.45) is 10.9 Å². The van der Waals surface area contributed by atoms with Gasteiger partial charge in [0.05, 0.1) is 13.2 Å². The van der Waals surface area contributed by atoms with Gasteiger partial charge in [0.25, 0.3) is 0 Å². The molecule has 0 amide bonds. The predicted octanol–water partition coefficient (Wildman–Crippen LogP) is 4.08. The molecule has 0 unspecified atom stereocenters. The van der Waals surface area contributed by atoms with Crippen molar-refractivity contribution in [3.8, 4) is 11.5 Å². The topological polar surface area (TPSA) is 71.7 Å². The van der Waals surface area contributed by atoms with Crippen LogP contribution in [0.2, 0.25) is 0 Å². The average molecular weight is 486 g/mol. The number of hydrogen-bond acceptors (Lipinski definition) is 4. The second kappa shape index (κ2) is 13.5. The molecule has 2 aromatic rings. The van der Waals surface area contributed by atoms with Crippen LogP contribution in [-0.2, 0) is 11.3 Å². The van der Waals surface area contributed by atoms with Crippen molar-refractivity contribution < 1.29 is 9.15 Å². The Morgan fingerprint density at radius 3 is 2.67 bits per heavy atom. The van der Waals surface area contributed by atoms with Gasteiger partial charge in [-0.05, 0) is 31.4 Å². The first kappa shape index (κ1) is 23.4. The number of hydrogen-bond donors (Lipinski definition) is 2. The summed E-state index contributed by atoms with van der Waals surface area (Å²) in [7, 11) is 0. The monoisotopic (exact) mass is 486 g/mol. The molecule has 0 saturated carbocycles. The van der Waals surface area contributed by atoms with E-state index in [2.05, 4.69) is 34.5 Å². The number of oxazole rings is 1. The number of halogens is 1. The number of nitrogens with one attached hydrogen (secondary N) is 2. The summed E-state index contributed by atoms with van der Waals surface area (Å²) in [6.45, 7) is 9.88. The van der Waals surface area contributed by atoms with Crippen molar-refractivity contribution in [3.63, 3.8) is 0 Å². The molecule has 1 aromatic carbocycles. The quantitative estimate of drug-likeness (QED) is 0.229. The molecule has 0 saturated heterocycles. The number of guanidine groups is 1. The van der Waals surface area contributed by atoms with Crippen LogP contribution < -0.4 is 10.6 Å². The Hall–Kier alpha value is -1.61. The zero-order valence-corrected chi connectivity index (χ0v) is 18.7. The normalized spacial score (nSPS) is 11.3. The molecule has 0 fully saturated rings. The summed E-state index contributed by atoms with van der Waals surface area (Å²) in [6, 6.07) is 9.85. The fourth-order valence-electron chi connectivity index (χ4n) is 2.26. The van der Waals surface area contributed by atoms with Crippen LogP contribution in [0.25, 0.3) is 11.5 Å². The number of benzene rings is 1. The third-order valence-electron chi connectivity index (χ3n) is 3.69. The van der Waals surface area contributed by atoms with Crippen LogP contribution in [0.15, 0.2) is 46.0 Å². The first-order valence-electron chi connectivity index (χ1n) is 9.28. The summed E-state index contributed by atoms with van der Waals surface area (Å²) >= 11 is 0. The Bertz CT molecular complexity index is 659. The van der Waals surface area contributed by atoms with Gasteiger partial charge in [-0.15, -0.1) is 24.0 Å². The minimum absolute atomic E-state index is 0. The third kappa shape index (κ3) is 9.23. The summed E-state index contributed by atoms with van der Waals surface area (Å²) in [5.41, 5.74) is 1.76. The van der Waals surface area contributed by atoms with E-state index < -0.39 is 0 Å². The minimum Gasteiger partial charge on any atom is -0.444 e. The number of aliphatic imine (C=N–C) groups is 1. The minimum atomic E-state index is 0. The number of ether oxygens (including phenoxy) is 1. The Morgan fingerprint density at radius 2 is 1.96 bits per heavy atom. The van der Waals surface area contributed by atoms with Gasteiger partial charge in [-0.2, -0.15) is 0 Å². The lowest BCUT2D eigenvalue weighted by Crippen LogP contribution is -2.39. The molecule has 0 radical (unpaired) electrons. The third-order valence-corrected chi connectivity index (χ3v) is 3.69. The molecule has 27 heavy (non-hydrogen) atoms. The lowest BCUT2D eigenvalue weighted by Gasteiger charge is -2.11. The summed E-state index contributed by atoms with van der Waals surface area (Å²) in [5, 5.41) is 6.50. The van der Waals surface area contributed by atoms with E-state index in [1.165, 1.54) is 0 Å². The van der Waals surface area contributed by atoms with Crippen molar-refractivity contribution in [1.29, 1.82) is 0 Å². The van der Waals surface area contributed by atoms with Crippen LogP contribution in [0.1, 0.15) is 32.9 Å². The Morgan fingerprint density at radius 1 is 1.19 bits per heavy atom. The maximum absolute atomic E-state index is 5.62. The molecule has 150 valence electrons. The molecule has 7 heteroatoms. The van der Waals surface area contributed by atoms with E-state index in [-0.39, 0.29) is 24.0 Å². The van der Waals surface area contributed by atoms with E-state index in [4.69, 9.17) is 9.15 Å². The first-order chi connectivity index (χ1) is 12.7. The zero-order valence-electron chi connectivity index (χ0n) is 16.4. The molecule has 0 atom stereocenters. The molecule has 2 N–H and O–H groups in total. The first-order valence-corrected chi connectivity index (χ1v) is 9.28. The van der Waals surface area contributed by atoms with Crippen LogP contribution >= 0.6 is 24.0 Å². The SMILES string of the molecule is CCNC(=NCc1coc(-c2ccccc2)n1)NCCOCCC(C)C.I. The fraction of sp³-hybridized carbons (Fsp3) is 0.500. The zero-order chi connectivity index (χ0) is 18.6. The van der Waals surface area contributed by atoms with Gasteiger partial charge in [0.2, 0.25) is 5.89 Å². The van der Waals surface area contributed by atoms with Crippen LogP contribution in [0.3, 0.4) is 0 Å². The van der Waals surface area contributed by atoms with Crippen LogP contribution in [0.4, 0.5) is 0 Å². The van der Waals surface area contributed by atoms with Crippen molar-refractivity contribution >= 4 is 29.9 Å². The average Bonchev–Trinajstić information content (AvgIpc) is 3.12. The molecule has 0 spiro atoms. The highest BCUT2D eigenvalue weighted by Gasteiger charge is 2.06. The van der Waals surface area contributed by atoms with E-state index in [0.29, 0.717) is 25.0 Å². The number of rotatable bonds is 10. The molecular formula is C20H31IN4O2. The van der Waals surface area contributed by atoms with Crippen molar-refractivity contribution in [3.05, 3.63) is 42.3 Å². The Labute approximate surface area is 179 Å². The van der Waals surface area contributed by atoms with E-state index in [1.54, 1.807) is 6.26 Å². The molecule has 1 aromatic heterocycles. The molecule has 0 aliphatic heterocycles. The summed E-state index contributed by atoms with van der Waals surface area (Å²) in [6.07, 6.45) is 2.74. The maximum Gasteiger partial charge on any atom is 0.226 e. The largest absolute Gasteiger partial charge is 0.444 e. The Balaban J connectivity index is 0.00000364. The molecule has 2 rings (SSSR count). The predicted molar refractivity (Wildman–Crippen MR) is 120 cm³/mol. The van der Waals surface area contributed by atoms with Gasteiger partial charge in [0.1, 0.15) is 12.0 Å². The van der Waals surface area contributed by atoms with Crippen LogP contribution in [0.5, 0.6) is 0 Å². The van der Waals surface area contributed by atoms with Crippen LogP contribution in [0, 0.1) is 5.92 Å². The molecular weight excluding hydrogens is 455 g/mol. The smallest absolute Gasteiger partial charge is 0.226 e. The molecule has 0 aliphatic rings. The van der Waals surface area contributed by atoms with Gasteiger partial charge in [-0.25, -0.2) is 9.98 Å². The lowest BCUT2D eigenvalue weighted by molar-refractivity contribution is 0.128. The van der Waals surface area contributed by atoms with Gasteiger partial charge >= 0.3 is 0 Å². The summed E-state index contributed by atoms with van der Waals surface area (Å²) in [5.74, 6) is 2.04.